The average Bonchev–Trinajstić information content (AvgIpc) is 3.04. The summed E-state index contributed by atoms with van der Waals surface area (Å²) in [6.07, 6.45) is 2.22. The van der Waals surface area contributed by atoms with Crippen LogP contribution in [0, 0.1) is 6.92 Å². The third kappa shape index (κ3) is 2.23. The Kier molecular flexibility index (Phi) is 3.76. The van der Waals surface area contributed by atoms with Crippen molar-refractivity contribution in [3.05, 3.63) is 34.7 Å². The molecule has 1 N–H and O–H groups in total. The third-order valence-corrected chi connectivity index (χ3v) is 5.38. The molecule has 3 rings (SSSR count). The van der Waals surface area contributed by atoms with E-state index in [2.05, 4.69) is 24.4 Å². The molecule has 1 aromatic carbocycles. The lowest BCUT2D eigenvalue weighted by Gasteiger charge is -2.24. The highest BCUT2D eigenvalue weighted by molar-refractivity contribution is 7.21. The molecule has 1 aliphatic rings. The zero-order valence-electron chi connectivity index (χ0n) is 12.0. The van der Waals surface area contributed by atoms with Gasteiger partial charge in [0, 0.05) is 23.8 Å². The number of benzene rings is 1. The van der Waals surface area contributed by atoms with E-state index in [1.807, 2.05) is 24.1 Å². The molecule has 2 heterocycles. The van der Waals surface area contributed by atoms with Gasteiger partial charge in [0.15, 0.2) is 0 Å². The number of aryl methyl sites for hydroxylation is 1. The molecule has 1 saturated heterocycles. The lowest BCUT2D eigenvalue weighted by Crippen LogP contribution is -2.40. The molecule has 4 heteroatoms. The first-order valence-electron chi connectivity index (χ1n) is 7.16. The highest BCUT2D eigenvalue weighted by Crippen LogP contribution is 2.32. The Hall–Kier alpha value is -1.39. The number of likely N-dealkylation sites (N-methyl/N-ethyl adjacent to an activating group) is 1. The van der Waals surface area contributed by atoms with Crippen LogP contribution in [0.15, 0.2) is 24.3 Å². The molecule has 1 fully saturated rings. The van der Waals surface area contributed by atoms with Gasteiger partial charge in [0.2, 0.25) is 0 Å². The monoisotopic (exact) mass is 288 g/mol. The Balaban J connectivity index is 1.94. The number of amides is 1. The number of likely N-dealkylation sites (tertiary alicyclic amines) is 1. The van der Waals surface area contributed by atoms with Gasteiger partial charge in [0.25, 0.3) is 5.91 Å². The molecule has 0 radical (unpaired) electrons. The molecule has 1 aromatic heterocycles. The Morgan fingerprint density at radius 3 is 3.00 bits per heavy atom. The summed E-state index contributed by atoms with van der Waals surface area (Å²) in [5.74, 6) is 0.210. The van der Waals surface area contributed by atoms with Crippen molar-refractivity contribution in [2.45, 2.75) is 25.8 Å². The first-order chi connectivity index (χ1) is 9.72. The summed E-state index contributed by atoms with van der Waals surface area (Å²) in [5, 5.41) is 4.41. The molecule has 0 aliphatic carbocycles. The lowest BCUT2D eigenvalue weighted by molar-refractivity contribution is 0.0741. The molecule has 20 heavy (non-hydrogen) atoms. The molecule has 106 valence electrons. The minimum absolute atomic E-state index is 0.210. The topological polar surface area (TPSA) is 32.3 Å². The molecule has 1 aliphatic heterocycles. The van der Waals surface area contributed by atoms with Crippen LogP contribution in [-0.2, 0) is 0 Å². The van der Waals surface area contributed by atoms with Gasteiger partial charge in [-0.1, -0.05) is 18.2 Å². The third-order valence-electron chi connectivity index (χ3n) is 4.12. The standard InChI is InChI=1S/C16H20N2OS/c1-11-13-7-3-4-8-14(13)20-15(11)16(19)18-9-5-6-12(18)10-17-2/h3-4,7-8,12,17H,5-6,9-10H2,1-2H3. The second-order valence-electron chi connectivity index (χ2n) is 5.40. The van der Waals surface area contributed by atoms with Crippen LogP contribution in [0.1, 0.15) is 28.1 Å². The van der Waals surface area contributed by atoms with Crippen LogP contribution < -0.4 is 5.32 Å². The molecule has 0 spiro atoms. The zero-order chi connectivity index (χ0) is 14.1. The summed E-state index contributed by atoms with van der Waals surface area (Å²) in [5.41, 5.74) is 1.13. The second kappa shape index (κ2) is 5.54. The predicted octanol–water partition coefficient (Wildman–Crippen LogP) is 3.03. The number of hydrogen-bond donors (Lipinski definition) is 1. The quantitative estimate of drug-likeness (QED) is 0.941. The number of nitrogens with zero attached hydrogens (tertiary/aromatic N) is 1. The molecular formula is C16H20N2OS. The van der Waals surface area contributed by atoms with Gasteiger partial charge in [0.1, 0.15) is 0 Å². The maximum atomic E-state index is 12.8. The van der Waals surface area contributed by atoms with Gasteiger partial charge in [-0.3, -0.25) is 4.79 Å². The molecule has 1 amide bonds. The number of rotatable bonds is 3. The molecule has 0 saturated carbocycles. The van der Waals surface area contributed by atoms with Crippen LogP contribution in [0.3, 0.4) is 0 Å². The van der Waals surface area contributed by atoms with E-state index in [1.165, 1.54) is 10.1 Å². The number of carbonyl (C=O) groups is 1. The number of hydrogen-bond acceptors (Lipinski definition) is 3. The fraction of sp³-hybridized carbons (Fsp3) is 0.438. The second-order valence-corrected chi connectivity index (χ2v) is 6.46. The summed E-state index contributed by atoms with van der Waals surface area (Å²) in [6, 6.07) is 8.62. The van der Waals surface area contributed by atoms with Crippen molar-refractivity contribution in [2.24, 2.45) is 0 Å². The summed E-state index contributed by atoms with van der Waals surface area (Å²) < 4.78 is 1.21. The van der Waals surface area contributed by atoms with Gasteiger partial charge < -0.3 is 10.2 Å². The maximum absolute atomic E-state index is 12.8. The van der Waals surface area contributed by atoms with E-state index in [4.69, 9.17) is 0 Å². The van der Waals surface area contributed by atoms with Crippen molar-refractivity contribution in [3.8, 4) is 0 Å². The summed E-state index contributed by atoms with van der Waals surface area (Å²) in [6.45, 7) is 3.84. The highest BCUT2D eigenvalue weighted by Gasteiger charge is 2.30. The van der Waals surface area contributed by atoms with Crippen molar-refractivity contribution < 1.29 is 4.79 Å². The van der Waals surface area contributed by atoms with Crippen molar-refractivity contribution in [1.82, 2.24) is 10.2 Å². The van der Waals surface area contributed by atoms with Gasteiger partial charge in [-0.05, 0) is 43.8 Å². The SMILES string of the molecule is CNCC1CCCN1C(=O)c1sc2ccccc2c1C. The molecule has 0 bridgehead atoms. The van der Waals surface area contributed by atoms with Gasteiger partial charge >= 0.3 is 0 Å². The first kappa shape index (κ1) is 13.6. The summed E-state index contributed by atoms with van der Waals surface area (Å²) in [4.78, 5) is 15.8. The maximum Gasteiger partial charge on any atom is 0.264 e. The van der Waals surface area contributed by atoms with Gasteiger partial charge in [-0.25, -0.2) is 0 Å². The van der Waals surface area contributed by atoms with E-state index in [0.717, 1.165) is 36.4 Å². The van der Waals surface area contributed by atoms with Crippen molar-refractivity contribution in [1.29, 1.82) is 0 Å². The van der Waals surface area contributed by atoms with Gasteiger partial charge in [0.05, 0.1) is 4.88 Å². The van der Waals surface area contributed by atoms with Gasteiger partial charge in [-0.15, -0.1) is 11.3 Å². The van der Waals surface area contributed by atoms with E-state index in [0.29, 0.717) is 6.04 Å². The summed E-state index contributed by atoms with van der Waals surface area (Å²) >= 11 is 1.63. The molecule has 1 unspecified atom stereocenters. The Labute approximate surface area is 123 Å². The molecule has 1 atom stereocenters. The van der Waals surface area contributed by atoms with Gasteiger partial charge in [-0.2, -0.15) is 0 Å². The van der Waals surface area contributed by atoms with Crippen molar-refractivity contribution in [2.75, 3.05) is 20.1 Å². The fourth-order valence-corrected chi connectivity index (χ4v) is 4.22. The van der Waals surface area contributed by atoms with E-state index in [-0.39, 0.29) is 5.91 Å². The molecular weight excluding hydrogens is 268 g/mol. The van der Waals surface area contributed by atoms with E-state index < -0.39 is 0 Å². The Morgan fingerprint density at radius 2 is 2.25 bits per heavy atom. The van der Waals surface area contributed by atoms with E-state index in [1.54, 1.807) is 11.3 Å². The Morgan fingerprint density at radius 1 is 1.45 bits per heavy atom. The van der Waals surface area contributed by atoms with Crippen LogP contribution >= 0.6 is 11.3 Å². The fourth-order valence-electron chi connectivity index (χ4n) is 3.06. The van der Waals surface area contributed by atoms with Crippen LogP contribution in [0.4, 0.5) is 0 Å². The van der Waals surface area contributed by atoms with Crippen LogP contribution in [0.25, 0.3) is 10.1 Å². The van der Waals surface area contributed by atoms with Crippen LogP contribution in [0.2, 0.25) is 0 Å². The average molecular weight is 288 g/mol. The lowest BCUT2D eigenvalue weighted by atomic mass is 10.1. The highest BCUT2D eigenvalue weighted by atomic mass is 32.1. The zero-order valence-corrected chi connectivity index (χ0v) is 12.8. The minimum Gasteiger partial charge on any atom is -0.334 e. The number of nitrogens with one attached hydrogen (secondary N) is 1. The van der Waals surface area contributed by atoms with E-state index in [9.17, 15) is 4.79 Å². The minimum atomic E-state index is 0.210. The normalized spacial score (nSPS) is 18.9. The van der Waals surface area contributed by atoms with Crippen LogP contribution in [-0.4, -0.2) is 37.0 Å². The van der Waals surface area contributed by atoms with Crippen molar-refractivity contribution in [3.63, 3.8) is 0 Å². The van der Waals surface area contributed by atoms with Crippen LogP contribution in [0.5, 0.6) is 0 Å². The van der Waals surface area contributed by atoms with E-state index >= 15 is 0 Å². The molecule has 3 nitrogen and oxygen atoms in total. The number of fused-ring (bicyclic) bond motifs is 1. The molecule has 2 aromatic rings. The number of thiophene rings is 1. The van der Waals surface area contributed by atoms with Crippen molar-refractivity contribution >= 4 is 27.3 Å². The Bertz CT molecular complexity index is 634. The first-order valence-corrected chi connectivity index (χ1v) is 7.97. The largest absolute Gasteiger partial charge is 0.334 e. The number of carbonyl (C=O) groups excluding carboxylic acids is 1. The predicted molar refractivity (Wildman–Crippen MR) is 84.5 cm³/mol. The summed E-state index contributed by atoms with van der Waals surface area (Å²) in [7, 11) is 1.95. The smallest absolute Gasteiger partial charge is 0.264 e.